The van der Waals surface area contributed by atoms with Crippen molar-refractivity contribution in [1.29, 1.82) is 0 Å². The van der Waals surface area contributed by atoms with Crippen molar-refractivity contribution >= 4 is 0 Å². The summed E-state index contributed by atoms with van der Waals surface area (Å²) in [6.07, 6.45) is 6.78. The third-order valence-corrected chi connectivity index (χ3v) is 2.84. The van der Waals surface area contributed by atoms with Gasteiger partial charge in [-0.05, 0) is 25.2 Å². The van der Waals surface area contributed by atoms with Gasteiger partial charge in [0.15, 0.2) is 5.82 Å². The van der Waals surface area contributed by atoms with Crippen LogP contribution in [0.3, 0.4) is 0 Å². The molecule has 1 atom stereocenters. The van der Waals surface area contributed by atoms with E-state index < -0.39 is 0 Å². The zero-order valence-corrected chi connectivity index (χ0v) is 9.28. The third kappa shape index (κ3) is 3.02. The van der Waals surface area contributed by atoms with Gasteiger partial charge in [-0.3, -0.25) is 0 Å². The fourth-order valence-corrected chi connectivity index (χ4v) is 1.63. The largest absolute Gasteiger partial charge is 0.338 e. The number of unbranched alkanes of at least 4 members (excludes halogenated alkanes) is 1. The number of nitrogens with zero attached hydrogens (tertiary/aromatic N) is 2. The lowest BCUT2D eigenvalue weighted by Gasteiger charge is -2.03. The Morgan fingerprint density at radius 1 is 1.53 bits per heavy atom. The lowest BCUT2D eigenvalue weighted by Crippen LogP contribution is -2.10. The third-order valence-electron chi connectivity index (χ3n) is 2.84. The van der Waals surface area contributed by atoms with E-state index in [9.17, 15) is 0 Å². The molecule has 1 aliphatic carbocycles. The maximum absolute atomic E-state index is 5.94. The Kier molecular flexibility index (Phi) is 3.36. The van der Waals surface area contributed by atoms with Crippen LogP contribution in [0.1, 0.15) is 56.8 Å². The summed E-state index contributed by atoms with van der Waals surface area (Å²) < 4.78 is 5.17. The van der Waals surface area contributed by atoms with Crippen LogP contribution >= 0.6 is 0 Å². The van der Waals surface area contributed by atoms with Crippen molar-refractivity contribution in [3.8, 4) is 0 Å². The average Bonchev–Trinajstić information content (AvgIpc) is 2.91. The Morgan fingerprint density at radius 3 is 3.00 bits per heavy atom. The zero-order chi connectivity index (χ0) is 10.7. The fourth-order valence-electron chi connectivity index (χ4n) is 1.63. The number of hydrogen-bond donors (Lipinski definition) is 1. The monoisotopic (exact) mass is 209 g/mol. The van der Waals surface area contributed by atoms with Gasteiger partial charge in [0.2, 0.25) is 5.89 Å². The van der Waals surface area contributed by atoms with Gasteiger partial charge in [0, 0.05) is 6.42 Å². The van der Waals surface area contributed by atoms with Crippen LogP contribution in [0.5, 0.6) is 0 Å². The molecule has 2 N–H and O–H groups in total. The van der Waals surface area contributed by atoms with Crippen LogP contribution in [-0.4, -0.2) is 10.1 Å². The van der Waals surface area contributed by atoms with Gasteiger partial charge in [0.25, 0.3) is 0 Å². The summed E-state index contributed by atoms with van der Waals surface area (Å²) in [4.78, 5) is 4.34. The zero-order valence-electron chi connectivity index (χ0n) is 9.28. The second-order valence-electron chi connectivity index (χ2n) is 4.45. The second-order valence-corrected chi connectivity index (χ2v) is 4.45. The highest BCUT2D eigenvalue weighted by Gasteiger charge is 2.24. The topological polar surface area (TPSA) is 64.9 Å². The minimum Gasteiger partial charge on any atom is -0.338 e. The summed E-state index contributed by atoms with van der Waals surface area (Å²) in [5, 5.41) is 3.96. The molecule has 0 bridgehead atoms. The van der Waals surface area contributed by atoms with E-state index >= 15 is 0 Å². The fraction of sp³-hybridized carbons (Fsp3) is 0.818. The first-order valence-corrected chi connectivity index (χ1v) is 5.87. The predicted octanol–water partition coefficient (Wildman–Crippen LogP) is 2.21. The molecule has 0 aliphatic heterocycles. The summed E-state index contributed by atoms with van der Waals surface area (Å²) in [5.74, 6) is 2.24. The van der Waals surface area contributed by atoms with E-state index in [-0.39, 0.29) is 6.04 Å². The van der Waals surface area contributed by atoms with E-state index in [4.69, 9.17) is 10.3 Å². The van der Waals surface area contributed by atoms with Gasteiger partial charge in [0.05, 0.1) is 6.04 Å². The van der Waals surface area contributed by atoms with Gasteiger partial charge >= 0.3 is 0 Å². The van der Waals surface area contributed by atoms with E-state index in [0.717, 1.165) is 37.4 Å². The molecule has 0 spiro atoms. The van der Waals surface area contributed by atoms with E-state index in [1.54, 1.807) is 0 Å². The van der Waals surface area contributed by atoms with Crippen molar-refractivity contribution in [2.24, 2.45) is 11.7 Å². The second kappa shape index (κ2) is 4.75. The molecule has 1 heterocycles. The summed E-state index contributed by atoms with van der Waals surface area (Å²) in [6.45, 7) is 2.15. The molecule has 1 saturated carbocycles. The predicted molar refractivity (Wildman–Crippen MR) is 57.2 cm³/mol. The molecule has 0 amide bonds. The number of nitrogens with two attached hydrogens (primary N) is 1. The van der Waals surface area contributed by atoms with Gasteiger partial charge in [-0.1, -0.05) is 24.9 Å². The van der Waals surface area contributed by atoms with E-state index in [2.05, 4.69) is 17.1 Å². The smallest absolute Gasteiger partial charge is 0.243 e. The van der Waals surface area contributed by atoms with Crippen LogP contribution in [-0.2, 0) is 6.42 Å². The number of aromatic nitrogens is 2. The molecule has 4 nitrogen and oxygen atoms in total. The first kappa shape index (κ1) is 10.6. The van der Waals surface area contributed by atoms with Crippen molar-refractivity contribution in [3.05, 3.63) is 11.7 Å². The Morgan fingerprint density at radius 2 is 2.33 bits per heavy atom. The Balaban J connectivity index is 1.86. The van der Waals surface area contributed by atoms with Crippen molar-refractivity contribution in [2.45, 2.75) is 51.5 Å². The van der Waals surface area contributed by atoms with Crippen LogP contribution in [0.15, 0.2) is 4.52 Å². The Labute approximate surface area is 90.2 Å². The molecular weight excluding hydrogens is 190 g/mol. The standard InChI is InChI=1S/C11H19N3O/c1-2-3-4-9(12)11-13-10(14-15-11)7-8-5-6-8/h8-9H,2-7,12H2,1H3. The van der Waals surface area contributed by atoms with Crippen molar-refractivity contribution in [3.63, 3.8) is 0 Å². The Bertz CT molecular complexity index is 307. The molecule has 0 radical (unpaired) electrons. The van der Waals surface area contributed by atoms with E-state index in [1.807, 2.05) is 0 Å². The molecule has 1 unspecified atom stereocenters. The molecule has 2 rings (SSSR count). The van der Waals surface area contributed by atoms with Crippen molar-refractivity contribution in [1.82, 2.24) is 10.1 Å². The van der Waals surface area contributed by atoms with Crippen LogP contribution in [0, 0.1) is 5.92 Å². The molecule has 1 aromatic rings. The normalized spacial score (nSPS) is 18.0. The summed E-state index contributed by atoms with van der Waals surface area (Å²) in [6, 6.07) is -0.0783. The van der Waals surface area contributed by atoms with Crippen LogP contribution in [0.25, 0.3) is 0 Å². The van der Waals surface area contributed by atoms with Gasteiger partial charge in [-0.15, -0.1) is 0 Å². The first-order chi connectivity index (χ1) is 7.29. The highest BCUT2D eigenvalue weighted by Crippen LogP contribution is 2.31. The lowest BCUT2D eigenvalue weighted by molar-refractivity contribution is 0.342. The number of rotatable bonds is 6. The maximum atomic E-state index is 5.94. The summed E-state index contributed by atoms with van der Waals surface area (Å²) in [5.41, 5.74) is 5.94. The molecule has 0 saturated heterocycles. The minimum absolute atomic E-state index is 0.0783. The molecule has 15 heavy (non-hydrogen) atoms. The molecule has 1 aromatic heterocycles. The molecule has 84 valence electrons. The van der Waals surface area contributed by atoms with Crippen LogP contribution in [0.2, 0.25) is 0 Å². The summed E-state index contributed by atoms with van der Waals surface area (Å²) in [7, 11) is 0. The average molecular weight is 209 g/mol. The molecule has 1 fully saturated rings. The first-order valence-electron chi connectivity index (χ1n) is 5.87. The molecular formula is C11H19N3O. The lowest BCUT2D eigenvalue weighted by atomic mass is 10.1. The van der Waals surface area contributed by atoms with Crippen LogP contribution < -0.4 is 5.73 Å². The highest BCUT2D eigenvalue weighted by atomic mass is 16.5. The summed E-state index contributed by atoms with van der Waals surface area (Å²) >= 11 is 0. The van der Waals surface area contributed by atoms with Gasteiger partial charge < -0.3 is 10.3 Å². The van der Waals surface area contributed by atoms with Crippen LogP contribution in [0.4, 0.5) is 0 Å². The molecule has 4 heteroatoms. The van der Waals surface area contributed by atoms with Gasteiger partial charge in [0.1, 0.15) is 0 Å². The van der Waals surface area contributed by atoms with E-state index in [1.165, 1.54) is 12.8 Å². The van der Waals surface area contributed by atoms with E-state index in [0.29, 0.717) is 5.89 Å². The SMILES string of the molecule is CCCCC(N)c1nc(CC2CC2)no1. The highest BCUT2D eigenvalue weighted by molar-refractivity contribution is 4.95. The van der Waals surface area contributed by atoms with Crippen molar-refractivity contribution in [2.75, 3.05) is 0 Å². The quantitative estimate of drug-likeness (QED) is 0.780. The number of hydrogen-bond acceptors (Lipinski definition) is 4. The minimum atomic E-state index is -0.0783. The van der Waals surface area contributed by atoms with Crippen molar-refractivity contribution < 1.29 is 4.52 Å². The Hall–Kier alpha value is -0.900. The molecule has 0 aromatic carbocycles. The maximum Gasteiger partial charge on any atom is 0.243 e. The molecule has 1 aliphatic rings. The van der Waals surface area contributed by atoms with Gasteiger partial charge in [-0.25, -0.2) is 0 Å². The van der Waals surface area contributed by atoms with Gasteiger partial charge in [-0.2, -0.15) is 4.98 Å².